The SMILES string of the molecule is COCCNc1c2c(nc3cc(-c4ccc(F)cc4)nn13)CCC2. The van der Waals surface area contributed by atoms with Crippen LogP contribution in [0.2, 0.25) is 0 Å². The maximum absolute atomic E-state index is 13.1. The molecule has 1 aliphatic carbocycles. The molecule has 1 aromatic carbocycles. The van der Waals surface area contributed by atoms with Crippen molar-refractivity contribution in [3.05, 3.63) is 47.4 Å². The third-order valence-corrected chi connectivity index (χ3v) is 4.37. The number of nitrogens with one attached hydrogen (secondary N) is 1. The van der Waals surface area contributed by atoms with E-state index in [1.54, 1.807) is 19.2 Å². The lowest BCUT2D eigenvalue weighted by molar-refractivity contribution is 0.210. The standard InChI is InChI=1S/C18H19FN4O/c1-24-10-9-20-18-14-3-2-4-15(14)21-17-11-16(22-23(17)18)12-5-7-13(19)8-6-12/h5-8,11,20H,2-4,9-10H2,1H3. The average Bonchev–Trinajstić information content (AvgIpc) is 3.21. The first-order chi connectivity index (χ1) is 11.8. The molecule has 3 aromatic rings. The second-order valence-electron chi connectivity index (χ2n) is 5.97. The topological polar surface area (TPSA) is 51.5 Å². The van der Waals surface area contributed by atoms with Crippen LogP contribution in [-0.2, 0) is 17.6 Å². The summed E-state index contributed by atoms with van der Waals surface area (Å²) < 4.78 is 20.1. The van der Waals surface area contributed by atoms with Crippen molar-refractivity contribution in [1.29, 1.82) is 0 Å². The van der Waals surface area contributed by atoms with Crippen LogP contribution < -0.4 is 5.32 Å². The lowest BCUT2D eigenvalue weighted by atomic mass is 10.1. The molecule has 6 heteroatoms. The van der Waals surface area contributed by atoms with Crippen LogP contribution in [0.3, 0.4) is 0 Å². The molecule has 0 fully saturated rings. The number of hydrogen-bond donors (Lipinski definition) is 1. The van der Waals surface area contributed by atoms with Gasteiger partial charge in [0.25, 0.3) is 0 Å². The van der Waals surface area contributed by atoms with Crippen LogP contribution in [0.25, 0.3) is 16.9 Å². The molecule has 4 rings (SSSR count). The zero-order chi connectivity index (χ0) is 16.5. The Morgan fingerprint density at radius 3 is 2.88 bits per heavy atom. The van der Waals surface area contributed by atoms with Crippen LogP contribution in [0.5, 0.6) is 0 Å². The van der Waals surface area contributed by atoms with E-state index < -0.39 is 0 Å². The Morgan fingerprint density at radius 1 is 1.25 bits per heavy atom. The Balaban J connectivity index is 1.80. The number of aromatic nitrogens is 3. The van der Waals surface area contributed by atoms with Crippen molar-refractivity contribution in [2.24, 2.45) is 0 Å². The van der Waals surface area contributed by atoms with Gasteiger partial charge in [0.2, 0.25) is 0 Å². The van der Waals surface area contributed by atoms with E-state index in [9.17, 15) is 4.39 Å². The summed E-state index contributed by atoms with van der Waals surface area (Å²) in [6.07, 6.45) is 3.14. The molecule has 0 spiro atoms. The molecule has 2 aromatic heterocycles. The predicted molar refractivity (Wildman–Crippen MR) is 90.8 cm³/mol. The van der Waals surface area contributed by atoms with Gasteiger partial charge in [0.1, 0.15) is 11.6 Å². The van der Waals surface area contributed by atoms with Gasteiger partial charge in [0.15, 0.2) is 5.65 Å². The summed E-state index contributed by atoms with van der Waals surface area (Å²) in [4.78, 5) is 4.76. The monoisotopic (exact) mass is 326 g/mol. The molecule has 0 saturated heterocycles. The molecule has 5 nitrogen and oxygen atoms in total. The molecular formula is C18H19FN4O. The maximum Gasteiger partial charge on any atom is 0.158 e. The number of methoxy groups -OCH3 is 1. The molecule has 124 valence electrons. The van der Waals surface area contributed by atoms with Crippen molar-refractivity contribution >= 4 is 11.5 Å². The fraction of sp³-hybridized carbons (Fsp3) is 0.333. The molecule has 0 unspecified atom stereocenters. The number of aryl methyl sites for hydroxylation is 1. The summed E-state index contributed by atoms with van der Waals surface area (Å²) in [6.45, 7) is 1.35. The van der Waals surface area contributed by atoms with E-state index in [0.717, 1.165) is 47.7 Å². The summed E-state index contributed by atoms with van der Waals surface area (Å²) in [7, 11) is 1.69. The lowest BCUT2D eigenvalue weighted by Gasteiger charge is -2.12. The van der Waals surface area contributed by atoms with Crippen molar-refractivity contribution in [2.45, 2.75) is 19.3 Å². The van der Waals surface area contributed by atoms with E-state index in [2.05, 4.69) is 5.32 Å². The Morgan fingerprint density at radius 2 is 2.08 bits per heavy atom. The molecule has 0 aliphatic heterocycles. The first-order valence-electron chi connectivity index (χ1n) is 8.16. The van der Waals surface area contributed by atoms with Gasteiger partial charge in [-0.05, 0) is 43.5 Å². The predicted octanol–water partition coefficient (Wildman–Crippen LogP) is 3.08. The van der Waals surface area contributed by atoms with E-state index in [4.69, 9.17) is 14.8 Å². The molecule has 0 radical (unpaired) electrons. The molecule has 0 atom stereocenters. The van der Waals surface area contributed by atoms with Crippen molar-refractivity contribution in [3.8, 4) is 11.3 Å². The summed E-state index contributed by atoms with van der Waals surface area (Å²) in [6, 6.07) is 8.33. The zero-order valence-corrected chi connectivity index (χ0v) is 13.6. The van der Waals surface area contributed by atoms with Gasteiger partial charge in [-0.3, -0.25) is 0 Å². The minimum absolute atomic E-state index is 0.249. The van der Waals surface area contributed by atoms with Crippen LogP contribution in [0.15, 0.2) is 30.3 Å². The third kappa shape index (κ3) is 2.63. The zero-order valence-electron chi connectivity index (χ0n) is 13.6. The number of halogens is 1. The van der Waals surface area contributed by atoms with Crippen LogP contribution in [0, 0.1) is 5.82 Å². The molecule has 1 aliphatic rings. The third-order valence-electron chi connectivity index (χ3n) is 4.37. The van der Waals surface area contributed by atoms with Crippen molar-refractivity contribution < 1.29 is 9.13 Å². The Hall–Kier alpha value is -2.47. The molecule has 0 saturated carbocycles. The molecular weight excluding hydrogens is 307 g/mol. The quantitative estimate of drug-likeness (QED) is 0.732. The first-order valence-corrected chi connectivity index (χ1v) is 8.16. The maximum atomic E-state index is 13.1. The number of nitrogens with zero attached hydrogens (tertiary/aromatic N) is 3. The Kier molecular flexibility index (Phi) is 3.90. The van der Waals surface area contributed by atoms with Gasteiger partial charge >= 0.3 is 0 Å². The number of benzene rings is 1. The van der Waals surface area contributed by atoms with Crippen molar-refractivity contribution in [3.63, 3.8) is 0 Å². The highest BCUT2D eigenvalue weighted by Crippen LogP contribution is 2.30. The van der Waals surface area contributed by atoms with Gasteiger partial charge in [-0.2, -0.15) is 9.61 Å². The lowest BCUT2D eigenvalue weighted by Crippen LogP contribution is -2.14. The van der Waals surface area contributed by atoms with Crippen molar-refractivity contribution in [1.82, 2.24) is 14.6 Å². The minimum atomic E-state index is -0.249. The second-order valence-corrected chi connectivity index (χ2v) is 5.97. The highest BCUT2D eigenvalue weighted by molar-refractivity contribution is 5.67. The largest absolute Gasteiger partial charge is 0.383 e. The van der Waals surface area contributed by atoms with E-state index in [0.29, 0.717) is 13.2 Å². The van der Waals surface area contributed by atoms with Crippen LogP contribution in [0.4, 0.5) is 10.2 Å². The van der Waals surface area contributed by atoms with Gasteiger partial charge in [-0.1, -0.05) is 0 Å². The van der Waals surface area contributed by atoms with Gasteiger partial charge in [-0.15, -0.1) is 0 Å². The summed E-state index contributed by atoms with van der Waals surface area (Å²) in [5.41, 5.74) is 4.88. The van der Waals surface area contributed by atoms with E-state index in [-0.39, 0.29) is 5.82 Å². The van der Waals surface area contributed by atoms with Gasteiger partial charge < -0.3 is 10.1 Å². The summed E-state index contributed by atoms with van der Waals surface area (Å²) in [5, 5.41) is 8.14. The smallest absolute Gasteiger partial charge is 0.158 e. The Labute approximate surface area is 139 Å². The summed E-state index contributed by atoms with van der Waals surface area (Å²) in [5.74, 6) is 0.749. The van der Waals surface area contributed by atoms with Gasteiger partial charge in [-0.25, -0.2) is 9.37 Å². The van der Waals surface area contributed by atoms with Gasteiger partial charge in [0, 0.05) is 36.5 Å². The fourth-order valence-corrected chi connectivity index (χ4v) is 3.20. The highest BCUT2D eigenvalue weighted by Gasteiger charge is 2.21. The van der Waals surface area contributed by atoms with Crippen LogP contribution in [-0.4, -0.2) is 34.9 Å². The first kappa shape index (κ1) is 15.1. The van der Waals surface area contributed by atoms with E-state index >= 15 is 0 Å². The van der Waals surface area contributed by atoms with Crippen molar-refractivity contribution in [2.75, 3.05) is 25.6 Å². The Bertz CT molecular complexity index is 873. The molecule has 1 N–H and O–H groups in total. The minimum Gasteiger partial charge on any atom is -0.383 e. The average molecular weight is 326 g/mol. The van der Waals surface area contributed by atoms with E-state index in [1.165, 1.54) is 17.7 Å². The normalized spacial score (nSPS) is 13.4. The summed E-state index contributed by atoms with van der Waals surface area (Å²) >= 11 is 0. The number of fused-ring (bicyclic) bond motifs is 2. The molecule has 0 bridgehead atoms. The molecule has 24 heavy (non-hydrogen) atoms. The number of anilines is 1. The second kappa shape index (κ2) is 6.20. The van der Waals surface area contributed by atoms with Crippen LogP contribution >= 0.6 is 0 Å². The fourth-order valence-electron chi connectivity index (χ4n) is 3.20. The van der Waals surface area contributed by atoms with Gasteiger partial charge in [0.05, 0.1) is 12.3 Å². The number of hydrogen-bond acceptors (Lipinski definition) is 4. The van der Waals surface area contributed by atoms with E-state index in [1.807, 2.05) is 10.6 Å². The van der Waals surface area contributed by atoms with Crippen LogP contribution in [0.1, 0.15) is 17.7 Å². The number of ether oxygens (including phenoxy) is 1. The molecule has 0 amide bonds. The number of rotatable bonds is 5. The molecule has 2 heterocycles. The highest BCUT2D eigenvalue weighted by atomic mass is 19.1.